The Labute approximate surface area is 210 Å². The van der Waals surface area contributed by atoms with Gasteiger partial charge in [-0.15, -0.1) is 0 Å². The fraction of sp³-hybridized carbons (Fsp3) is 0.320. The summed E-state index contributed by atoms with van der Waals surface area (Å²) in [4.78, 5) is 18.7. The molecule has 178 valence electrons. The molecule has 2 N–H and O–H groups in total. The summed E-state index contributed by atoms with van der Waals surface area (Å²) in [6, 6.07) is 13.4. The largest absolute Gasteiger partial charge is 0.375 e. The van der Waals surface area contributed by atoms with E-state index in [1.165, 1.54) is 24.1 Å². The SMILES string of the molecule is CCn1c(C)cc([C@H]2[C@H](c3ccccn3)NC(=S)N2c2ccc(NC(=O)COC)c(Cl)c2)c1C. The number of anilines is 2. The Morgan fingerprint density at radius 2 is 2.06 bits per heavy atom. The van der Waals surface area contributed by atoms with E-state index >= 15 is 0 Å². The van der Waals surface area contributed by atoms with Gasteiger partial charge in [-0.3, -0.25) is 9.78 Å². The molecule has 1 fully saturated rings. The van der Waals surface area contributed by atoms with Crippen molar-refractivity contribution in [3.05, 3.63) is 76.3 Å². The summed E-state index contributed by atoms with van der Waals surface area (Å²) >= 11 is 12.4. The highest BCUT2D eigenvalue weighted by atomic mass is 35.5. The van der Waals surface area contributed by atoms with Gasteiger partial charge in [-0.1, -0.05) is 17.7 Å². The summed E-state index contributed by atoms with van der Waals surface area (Å²) in [6.07, 6.45) is 1.80. The molecule has 1 aromatic carbocycles. The van der Waals surface area contributed by atoms with Crippen molar-refractivity contribution in [2.24, 2.45) is 0 Å². The topological polar surface area (TPSA) is 71.4 Å². The first-order valence-corrected chi connectivity index (χ1v) is 11.9. The molecule has 0 spiro atoms. The Morgan fingerprint density at radius 3 is 2.68 bits per heavy atom. The minimum Gasteiger partial charge on any atom is -0.375 e. The smallest absolute Gasteiger partial charge is 0.250 e. The van der Waals surface area contributed by atoms with E-state index in [0.29, 0.717) is 15.8 Å². The van der Waals surface area contributed by atoms with E-state index in [-0.39, 0.29) is 24.6 Å². The Kier molecular flexibility index (Phi) is 7.21. The molecular formula is C25H28ClN5O2S. The van der Waals surface area contributed by atoms with Crippen molar-refractivity contribution >= 4 is 46.2 Å². The number of aryl methyl sites for hydroxylation is 1. The van der Waals surface area contributed by atoms with Gasteiger partial charge in [0.2, 0.25) is 5.91 Å². The second-order valence-electron chi connectivity index (χ2n) is 8.21. The van der Waals surface area contributed by atoms with Gasteiger partial charge in [0.25, 0.3) is 0 Å². The molecule has 0 bridgehead atoms. The third-order valence-electron chi connectivity index (χ3n) is 6.13. The summed E-state index contributed by atoms with van der Waals surface area (Å²) in [5, 5.41) is 7.26. The molecule has 0 unspecified atom stereocenters. The van der Waals surface area contributed by atoms with Crippen molar-refractivity contribution in [2.75, 3.05) is 23.9 Å². The highest BCUT2D eigenvalue weighted by Crippen LogP contribution is 2.44. The first-order valence-electron chi connectivity index (χ1n) is 11.1. The molecule has 2 atom stereocenters. The van der Waals surface area contributed by atoms with Crippen LogP contribution in [0.15, 0.2) is 48.7 Å². The minimum atomic E-state index is -0.268. The third kappa shape index (κ3) is 4.53. The number of aromatic nitrogens is 2. The summed E-state index contributed by atoms with van der Waals surface area (Å²) in [7, 11) is 1.47. The van der Waals surface area contributed by atoms with Gasteiger partial charge in [0, 0.05) is 36.9 Å². The maximum Gasteiger partial charge on any atom is 0.250 e. The molecule has 4 rings (SSSR count). The van der Waals surface area contributed by atoms with Crippen LogP contribution in [0.3, 0.4) is 0 Å². The normalized spacial score (nSPS) is 17.7. The lowest BCUT2D eigenvalue weighted by Crippen LogP contribution is -2.29. The maximum atomic E-state index is 11.9. The van der Waals surface area contributed by atoms with Crippen molar-refractivity contribution in [2.45, 2.75) is 39.4 Å². The lowest BCUT2D eigenvalue weighted by atomic mass is 9.96. The van der Waals surface area contributed by atoms with Crippen LogP contribution in [0.25, 0.3) is 0 Å². The Morgan fingerprint density at radius 1 is 1.26 bits per heavy atom. The van der Waals surface area contributed by atoms with E-state index in [2.05, 4.69) is 51.9 Å². The molecular weight excluding hydrogens is 470 g/mol. The van der Waals surface area contributed by atoms with Crippen LogP contribution >= 0.6 is 23.8 Å². The number of carbonyl (C=O) groups excluding carboxylic acids is 1. The molecule has 7 nitrogen and oxygen atoms in total. The molecule has 9 heteroatoms. The number of pyridine rings is 1. The second-order valence-corrected chi connectivity index (χ2v) is 9.01. The molecule has 1 amide bonds. The van der Waals surface area contributed by atoms with Crippen molar-refractivity contribution in [1.82, 2.24) is 14.9 Å². The highest BCUT2D eigenvalue weighted by Gasteiger charge is 2.42. The van der Waals surface area contributed by atoms with Crippen LogP contribution in [0.5, 0.6) is 0 Å². The molecule has 34 heavy (non-hydrogen) atoms. The number of thiocarbonyl (C=S) groups is 1. The van der Waals surface area contributed by atoms with Crippen molar-refractivity contribution in [3.8, 4) is 0 Å². The van der Waals surface area contributed by atoms with E-state index in [1.54, 1.807) is 12.3 Å². The number of benzene rings is 1. The predicted octanol–water partition coefficient (Wildman–Crippen LogP) is 4.94. The number of hydrogen-bond acceptors (Lipinski definition) is 4. The first-order chi connectivity index (χ1) is 16.3. The third-order valence-corrected chi connectivity index (χ3v) is 6.75. The van der Waals surface area contributed by atoms with Crippen LogP contribution in [0.4, 0.5) is 11.4 Å². The summed E-state index contributed by atoms with van der Waals surface area (Å²) < 4.78 is 7.18. The van der Waals surface area contributed by atoms with E-state index in [4.69, 9.17) is 28.6 Å². The molecule has 1 aliphatic rings. The minimum absolute atomic E-state index is 0.0426. The number of nitrogens with zero attached hydrogens (tertiary/aromatic N) is 3. The second kappa shape index (κ2) is 10.1. The van der Waals surface area contributed by atoms with Gasteiger partial charge < -0.3 is 24.8 Å². The fourth-order valence-electron chi connectivity index (χ4n) is 4.64. The molecule has 0 radical (unpaired) electrons. The predicted molar refractivity (Wildman–Crippen MR) is 139 cm³/mol. The van der Waals surface area contributed by atoms with E-state index in [9.17, 15) is 4.79 Å². The van der Waals surface area contributed by atoms with Crippen molar-refractivity contribution < 1.29 is 9.53 Å². The average Bonchev–Trinajstić information content (AvgIpc) is 3.30. The number of amides is 1. The molecule has 0 saturated carbocycles. The van der Waals surface area contributed by atoms with Crippen LogP contribution in [0, 0.1) is 13.8 Å². The number of halogens is 1. The highest BCUT2D eigenvalue weighted by molar-refractivity contribution is 7.80. The molecule has 3 heterocycles. The summed E-state index contributed by atoms with van der Waals surface area (Å²) in [6.45, 7) is 7.25. The average molecular weight is 498 g/mol. The molecule has 3 aromatic rings. The molecule has 1 aliphatic heterocycles. The van der Waals surface area contributed by atoms with Crippen LogP contribution in [-0.4, -0.2) is 34.3 Å². The van der Waals surface area contributed by atoms with E-state index in [1.807, 2.05) is 30.3 Å². The number of nitrogens with one attached hydrogen (secondary N) is 2. The lowest BCUT2D eigenvalue weighted by molar-refractivity contribution is -0.119. The Bertz CT molecular complexity index is 1210. The van der Waals surface area contributed by atoms with Crippen LogP contribution in [0.1, 0.15) is 41.7 Å². The van der Waals surface area contributed by atoms with E-state index in [0.717, 1.165) is 17.9 Å². The zero-order valence-electron chi connectivity index (χ0n) is 19.6. The Balaban J connectivity index is 1.78. The quantitative estimate of drug-likeness (QED) is 0.451. The molecule has 2 aromatic heterocycles. The zero-order valence-corrected chi connectivity index (χ0v) is 21.2. The van der Waals surface area contributed by atoms with Crippen LogP contribution < -0.4 is 15.5 Å². The molecule has 1 saturated heterocycles. The lowest BCUT2D eigenvalue weighted by Gasteiger charge is -2.28. The fourth-order valence-corrected chi connectivity index (χ4v) is 5.20. The number of rotatable bonds is 7. The number of ether oxygens (including phenoxy) is 1. The van der Waals surface area contributed by atoms with Gasteiger partial charge in [-0.25, -0.2) is 0 Å². The van der Waals surface area contributed by atoms with Crippen molar-refractivity contribution in [3.63, 3.8) is 0 Å². The van der Waals surface area contributed by atoms with Gasteiger partial charge in [-0.05, 0) is 75.0 Å². The summed E-state index contributed by atoms with van der Waals surface area (Å²) in [5.41, 5.74) is 5.83. The number of methoxy groups -OCH3 is 1. The van der Waals surface area contributed by atoms with Crippen LogP contribution in [0.2, 0.25) is 5.02 Å². The van der Waals surface area contributed by atoms with Gasteiger partial charge in [0.05, 0.1) is 28.5 Å². The summed E-state index contributed by atoms with van der Waals surface area (Å²) in [5.74, 6) is -0.268. The van der Waals surface area contributed by atoms with Crippen molar-refractivity contribution in [1.29, 1.82) is 0 Å². The molecule has 0 aliphatic carbocycles. The first kappa shape index (κ1) is 24.2. The van der Waals surface area contributed by atoms with Gasteiger partial charge in [0.1, 0.15) is 6.61 Å². The number of hydrogen-bond donors (Lipinski definition) is 2. The maximum absolute atomic E-state index is 11.9. The van der Waals surface area contributed by atoms with Gasteiger partial charge in [-0.2, -0.15) is 0 Å². The van der Waals surface area contributed by atoms with Gasteiger partial charge >= 0.3 is 0 Å². The van der Waals surface area contributed by atoms with Crippen LogP contribution in [-0.2, 0) is 16.1 Å². The number of carbonyl (C=O) groups is 1. The van der Waals surface area contributed by atoms with Gasteiger partial charge in [0.15, 0.2) is 5.11 Å². The Hall–Kier alpha value is -2.94. The monoisotopic (exact) mass is 497 g/mol. The zero-order chi connectivity index (χ0) is 24.4. The van der Waals surface area contributed by atoms with E-state index < -0.39 is 0 Å². The standard InChI is InChI=1S/C25H28ClN5O2S/c1-5-30-15(2)12-18(16(30)3)24-23(21-8-6-7-11-27-21)29-25(34)31(24)17-9-10-20(19(26)13-17)28-22(32)14-33-4/h6-13,23-24H,5,14H2,1-4H3,(H,28,32)(H,29,34)/t23-,24-/m0/s1.